The Balaban J connectivity index is 1.49. The third-order valence-corrected chi connectivity index (χ3v) is 6.15. The van der Waals surface area contributed by atoms with Gasteiger partial charge in [-0.05, 0) is 30.9 Å². The molecule has 2 unspecified atom stereocenters. The number of amides is 1. The van der Waals surface area contributed by atoms with Crippen LogP contribution in [0.5, 0.6) is 0 Å². The molecule has 170 valence electrons. The third kappa shape index (κ3) is 5.11. The van der Waals surface area contributed by atoms with Crippen LogP contribution in [0, 0.1) is 0 Å². The van der Waals surface area contributed by atoms with Crippen LogP contribution in [-0.4, -0.2) is 54.4 Å². The van der Waals surface area contributed by atoms with Crippen LogP contribution in [0.25, 0.3) is 0 Å². The summed E-state index contributed by atoms with van der Waals surface area (Å²) in [6, 6.07) is 19.7. The predicted octanol–water partition coefficient (Wildman–Crippen LogP) is 3.28. The van der Waals surface area contributed by atoms with Gasteiger partial charge in [0.25, 0.3) is 0 Å². The highest BCUT2D eigenvalue weighted by atomic mass is 16.6. The molecule has 0 spiro atoms. The van der Waals surface area contributed by atoms with E-state index in [1.54, 1.807) is 6.92 Å². The van der Waals surface area contributed by atoms with E-state index < -0.39 is 17.6 Å². The monoisotopic (exact) mass is 438 g/mol. The molecule has 2 fully saturated rings. The van der Waals surface area contributed by atoms with E-state index in [2.05, 4.69) is 22.3 Å². The second-order valence-corrected chi connectivity index (χ2v) is 8.40. The number of hydrogen-bond donors (Lipinski definition) is 1. The van der Waals surface area contributed by atoms with Crippen molar-refractivity contribution >= 4 is 12.1 Å². The normalized spacial score (nSPS) is 25.0. The van der Waals surface area contributed by atoms with Gasteiger partial charge in [-0.15, -0.1) is 0 Å². The first-order valence-corrected chi connectivity index (χ1v) is 11.1. The molecular formula is C25H30N2O5. The van der Waals surface area contributed by atoms with Gasteiger partial charge in [0, 0.05) is 18.6 Å². The van der Waals surface area contributed by atoms with Crippen LogP contribution < -0.4 is 5.32 Å². The molecule has 7 heteroatoms. The Kier molecular flexibility index (Phi) is 7.07. The number of carbonyl (C=O) groups is 2. The minimum Gasteiger partial charge on any atom is -0.464 e. The lowest BCUT2D eigenvalue weighted by Gasteiger charge is -2.52. The third-order valence-electron chi connectivity index (χ3n) is 6.15. The zero-order chi connectivity index (χ0) is 22.4. The summed E-state index contributed by atoms with van der Waals surface area (Å²) in [5.74, 6) is -0.409. The Bertz CT molecular complexity index is 891. The van der Waals surface area contributed by atoms with Gasteiger partial charge in [0.15, 0.2) is 0 Å². The lowest BCUT2D eigenvalue weighted by Crippen LogP contribution is -2.69. The van der Waals surface area contributed by atoms with Crippen molar-refractivity contribution in [3.05, 3.63) is 71.8 Å². The largest absolute Gasteiger partial charge is 0.464 e. The zero-order valence-electron chi connectivity index (χ0n) is 18.4. The highest BCUT2D eigenvalue weighted by molar-refractivity contribution is 5.86. The number of alkyl carbamates (subject to hydrolysis) is 1. The fraction of sp³-hybridized carbons (Fsp3) is 0.440. The summed E-state index contributed by atoms with van der Waals surface area (Å²) in [6.45, 7) is 3.95. The maximum Gasteiger partial charge on any atom is 0.408 e. The summed E-state index contributed by atoms with van der Waals surface area (Å²) in [4.78, 5) is 28.2. The van der Waals surface area contributed by atoms with E-state index in [0.717, 1.165) is 12.1 Å². The second-order valence-electron chi connectivity index (χ2n) is 8.40. The number of ether oxygens (including phenoxy) is 3. The molecular weight excluding hydrogens is 408 g/mol. The quantitative estimate of drug-likeness (QED) is 0.669. The second kappa shape index (κ2) is 10.1. The van der Waals surface area contributed by atoms with Crippen molar-refractivity contribution in [1.82, 2.24) is 10.2 Å². The first kappa shape index (κ1) is 22.3. The number of esters is 1. The van der Waals surface area contributed by atoms with Crippen molar-refractivity contribution in [3.63, 3.8) is 0 Å². The average molecular weight is 439 g/mol. The standard InChI is InChI=1S/C25H30N2O5/c1-2-31-23(28)25(26-24(29)32-16-20-11-7-4-8-12-20)13-21-17-30-18-22(14-25)27(21)15-19-9-5-3-6-10-19/h3-12,21-22H,2,13-18H2,1H3,(H,26,29). The lowest BCUT2D eigenvalue weighted by molar-refractivity contribution is -0.163. The smallest absolute Gasteiger partial charge is 0.408 e. The minimum absolute atomic E-state index is 0.0125. The van der Waals surface area contributed by atoms with Gasteiger partial charge >= 0.3 is 12.1 Å². The summed E-state index contributed by atoms with van der Waals surface area (Å²) in [5.41, 5.74) is 0.967. The van der Waals surface area contributed by atoms with Crippen molar-refractivity contribution < 1.29 is 23.8 Å². The van der Waals surface area contributed by atoms with Crippen molar-refractivity contribution in [1.29, 1.82) is 0 Å². The number of hydrogen-bond acceptors (Lipinski definition) is 6. The highest BCUT2D eigenvalue weighted by Crippen LogP contribution is 2.36. The Morgan fingerprint density at radius 1 is 0.969 bits per heavy atom. The molecule has 32 heavy (non-hydrogen) atoms. The number of morpholine rings is 1. The van der Waals surface area contributed by atoms with Crippen molar-refractivity contribution in [2.24, 2.45) is 0 Å². The van der Waals surface area contributed by atoms with Crippen LogP contribution in [-0.2, 0) is 32.2 Å². The Morgan fingerprint density at radius 2 is 1.56 bits per heavy atom. The molecule has 0 aromatic heterocycles. The van der Waals surface area contributed by atoms with E-state index in [9.17, 15) is 9.59 Å². The molecule has 4 rings (SSSR count). The first-order valence-electron chi connectivity index (χ1n) is 11.1. The summed E-state index contributed by atoms with van der Waals surface area (Å²) in [6.07, 6.45) is 0.211. The number of rotatable bonds is 7. The summed E-state index contributed by atoms with van der Waals surface area (Å²) in [5, 5.41) is 2.88. The number of piperidine rings is 1. The van der Waals surface area contributed by atoms with Crippen LogP contribution in [0.15, 0.2) is 60.7 Å². The molecule has 2 aliphatic heterocycles. The van der Waals surface area contributed by atoms with Gasteiger partial charge in [-0.2, -0.15) is 0 Å². The summed E-state index contributed by atoms with van der Waals surface area (Å²) >= 11 is 0. The molecule has 0 aliphatic carbocycles. The molecule has 0 radical (unpaired) electrons. The molecule has 1 amide bonds. The fourth-order valence-corrected chi connectivity index (χ4v) is 4.67. The van der Waals surface area contributed by atoms with Crippen LogP contribution in [0.1, 0.15) is 30.9 Å². The maximum atomic E-state index is 13.1. The zero-order valence-corrected chi connectivity index (χ0v) is 18.4. The Morgan fingerprint density at radius 3 is 2.16 bits per heavy atom. The van der Waals surface area contributed by atoms with E-state index in [1.165, 1.54) is 5.56 Å². The van der Waals surface area contributed by atoms with Gasteiger partial charge in [0.05, 0.1) is 19.8 Å². The molecule has 2 aliphatic rings. The van der Waals surface area contributed by atoms with Gasteiger partial charge in [-0.3, -0.25) is 4.90 Å². The molecule has 2 heterocycles. The van der Waals surface area contributed by atoms with Crippen LogP contribution in [0.3, 0.4) is 0 Å². The van der Waals surface area contributed by atoms with Gasteiger partial charge in [-0.25, -0.2) is 9.59 Å². The molecule has 1 N–H and O–H groups in total. The van der Waals surface area contributed by atoms with E-state index >= 15 is 0 Å². The Hall–Kier alpha value is -2.90. The number of carbonyl (C=O) groups excluding carboxylic acids is 2. The minimum atomic E-state index is -1.13. The number of nitrogens with one attached hydrogen (secondary N) is 1. The van der Waals surface area contributed by atoms with Gasteiger partial charge in [-0.1, -0.05) is 60.7 Å². The van der Waals surface area contributed by atoms with E-state index in [1.807, 2.05) is 48.5 Å². The van der Waals surface area contributed by atoms with Crippen molar-refractivity contribution in [3.8, 4) is 0 Å². The number of benzene rings is 2. The van der Waals surface area contributed by atoms with Crippen molar-refractivity contribution in [2.45, 2.75) is 50.5 Å². The Labute approximate surface area is 188 Å². The predicted molar refractivity (Wildman–Crippen MR) is 119 cm³/mol. The van der Waals surface area contributed by atoms with Crippen LogP contribution >= 0.6 is 0 Å². The molecule has 0 saturated carbocycles. The van der Waals surface area contributed by atoms with Gasteiger partial charge < -0.3 is 19.5 Å². The lowest BCUT2D eigenvalue weighted by atomic mass is 9.78. The highest BCUT2D eigenvalue weighted by Gasteiger charge is 2.53. The SMILES string of the molecule is CCOC(=O)C1(NC(=O)OCc2ccccc2)CC2COCC(C1)N2Cc1ccccc1. The average Bonchev–Trinajstić information content (AvgIpc) is 2.80. The van der Waals surface area contributed by atoms with Crippen molar-refractivity contribution in [2.75, 3.05) is 19.8 Å². The van der Waals surface area contributed by atoms with E-state index in [0.29, 0.717) is 26.1 Å². The van der Waals surface area contributed by atoms with E-state index in [-0.39, 0.29) is 25.3 Å². The van der Waals surface area contributed by atoms with Gasteiger partial charge in [0.2, 0.25) is 0 Å². The number of fused-ring (bicyclic) bond motifs is 2. The summed E-state index contributed by atoms with van der Waals surface area (Å²) in [7, 11) is 0. The van der Waals surface area contributed by atoms with Crippen LogP contribution in [0.2, 0.25) is 0 Å². The van der Waals surface area contributed by atoms with Crippen LogP contribution in [0.4, 0.5) is 4.79 Å². The fourth-order valence-electron chi connectivity index (χ4n) is 4.67. The first-order chi connectivity index (χ1) is 15.6. The molecule has 2 saturated heterocycles. The summed E-state index contributed by atoms with van der Waals surface area (Å²) < 4.78 is 16.6. The molecule has 7 nitrogen and oxygen atoms in total. The maximum absolute atomic E-state index is 13.1. The molecule has 2 aromatic rings. The molecule has 2 bridgehead atoms. The van der Waals surface area contributed by atoms with Gasteiger partial charge in [0.1, 0.15) is 12.1 Å². The molecule has 2 atom stereocenters. The molecule has 2 aromatic carbocycles. The number of nitrogens with zero attached hydrogens (tertiary/aromatic N) is 1. The van der Waals surface area contributed by atoms with E-state index in [4.69, 9.17) is 14.2 Å². The topological polar surface area (TPSA) is 77.1 Å².